The molecule has 2 aliphatic rings. The number of esters is 1. The molecule has 36 heavy (non-hydrogen) atoms. The molecule has 3 heterocycles. The van der Waals surface area contributed by atoms with E-state index < -0.39 is 17.9 Å². The predicted molar refractivity (Wildman–Crippen MR) is 128 cm³/mol. The van der Waals surface area contributed by atoms with Gasteiger partial charge in [-0.05, 0) is 54.1 Å². The van der Waals surface area contributed by atoms with Crippen molar-refractivity contribution in [1.82, 2.24) is 10.2 Å². The molecule has 2 aliphatic heterocycles. The van der Waals surface area contributed by atoms with Gasteiger partial charge in [0.1, 0.15) is 23.8 Å². The molecule has 0 unspecified atom stereocenters. The molecule has 11 heteroatoms. The Morgan fingerprint density at radius 1 is 1.11 bits per heavy atom. The van der Waals surface area contributed by atoms with E-state index in [0.29, 0.717) is 22.8 Å². The van der Waals surface area contributed by atoms with Crippen molar-refractivity contribution < 1.29 is 37.7 Å². The Morgan fingerprint density at radius 2 is 1.94 bits per heavy atom. The fraction of sp³-hybridized carbons (Fsp3) is 0.160. The quantitative estimate of drug-likeness (QED) is 0.262. The van der Waals surface area contributed by atoms with Gasteiger partial charge < -0.3 is 28.7 Å². The number of carbonyl (C=O) groups is 3. The number of fused-ring (bicyclic) bond motifs is 1. The normalized spacial score (nSPS) is 15.4. The molecule has 0 radical (unpaired) electrons. The molecule has 10 nitrogen and oxygen atoms in total. The lowest BCUT2D eigenvalue weighted by Crippen LogP contribution is -2.30. The molecule has 2 aromatic carbocycles. The van der Waals surface area contributed by atoms with Crippen LogP contribution in [0.15, 0.2) is 63.1 Å². The summed E-state index contributed by atoms with van der Waals surface area (Å²) in [5, 5.41) is 2.58. The summed E-state index contributed by atoms with van der Waals surface area (Å²) >= 11 is 3.43. The summed E-state index contributed by atoms with van der Waals surface area (Å²) in [7, 11) is 1.23. The molecule has 1 fully saturated rings. The number of amides is 3. The molecular formula is C25H19BrN2O8. The molecule has 0 atom stereocenters. The largest absolute Gasteiger partial charge is 0.488 e. The van der Waals surface area contributed by atoms with Crippen LogP contribution in [-0.2, 0) is 22.7 Å². The van der Waals surface area contributed by atoms with Gasteiger partial charge in [0.25, 0.3) is 5.91 Å². The number of methoxy groups -OCH3 is 1. The third-order valence-corrected chi connectivity index (χ3v) is 5.92. The van der Waals surface area contributed by atoms with E-state index in [0.717, 1.165) is 14.9 Å². The van der Waals surface area contributed by atoms with E-state index in [9.17, 15) is 14.4 Å². The van der Waals surface area contributed by atoms with Crippen LogP contribution in [0.3, 0.4) is 0 Å². The Morgan fingerprint density at radius 3 is 2.78 bits per heavy atom. The van der Waals surface area contributed by atoms with Crippen LogP contribution in [0.1, 0.15) is 27.4 Å². The second-order valence-corrected chi connectivity index (χ2v) is 8.71. The van der Waals surface area contributed by atoms with E-state index in [1.807, 2.05) is 24.3 Å². The SMILES string of the molecule is COC(=O)c1ccc(CN2C(=O)N/C(=C\c3cc(Br)ccc3OCc3ccc4c(c3)OCO4)C2=O)o1. The highest BCUT2D eigenvalue weighted by atomic mass is 79.9. The number of nitrogens with one attached hydrogen (secondary N) is 1. The molecule has 0 bridgehead atoms. The zero-order chi connectivity index (χ0) is 25.2. The van der Waals surface area contributed by atoms with Gasteiger partial charge in [0.05, 0.1) is 13.7 Å². The van der Waals surface area contributed by atoms with E-state index in [2.05, 4.69) is 26.0 Å². The van der Waals surface area contributed by atoms with Gasteiger partial charge in [-0.3, -0.25) is 9.69 Å². The van der Waals surface area contributed by atoms with Crippen molar-refractivity contribution in [2.45, 2.75) is 13.2 Å². The van der Waals surface area contributed by atoms with Crippen molar-refractivity contribution in [3.63, 3.8) is 0 Å². The number of rotatable bonds is 7. The molecule has 0 aliphatic carbocycles. The predicted octanol–water partition coefficient (Wildman–Crippen LogP) is 4.23. The highest BCUT2D eigenvalue weighted by molar-refractivity contribution is 9.10. The summed E-state index contributed by atoms with van der Waals surface area (Å²) in [6.07, 6.45) is 1.54. The van der Waals surface area contributed by atoms with Gasteiger partial charge in [0.15, 0.2) is 11.5 Å². The average Bonchev–Trinajstić information content (AvgIpc) is 3.59. The number of carbonyl (C=O) groups excluding carboxylic acids is 3. The average molecular weight is 555 g/mol. The third kappa shape index (κ3) is 4.78. The summed E-state index contributed by atoms with van der Waals surface area (Å²) in [4.78, 5) is 38.0. The van der Waals surface area contributed by atoms with Gasteiger partial charge in [-0.1, -0.05) is 22.0 Å². The number of benzene rings is 2. The van der Waals surface area contributed by atoms with Crippen molar-refractivity contribution in [2.24, 2.45) is 0 Å². The zero-order valence-electron chi connectivity index (χ0n) is 18.9. The number of ether oxygens (including phenoxy) is 4. The zero-order valence-corrected chi connectivity index (χ0v) is 20.5. The molecular weight excluding hydrogens is 536 g/mol. The van der Waals surface area contributed by atoms with Gasteiger partial charge in [0.2, 0.25) is 12.6 Å². The Kier molecular flexibility index (Phi) is 6.38. The Bertz CT molecular complexity index is 1400. The fourth-order valence-electron chi connectivity index (χ4n) is 3.66. The van der Waals surface area contributed by atoms with Gasteiger partial charge in [-0.2, -0.15) is 0 Å². The van der Waals surface area contributed by atoms with Gasteiger partial charge >= 0.3 is 12.0 Å². The van der Waals surface area contributed by atoms with Crippen molar-refractivity contribution in [3.8, 4) is 17.2 Å². The molecule has 1 saturated heterocycles. The van der Waals surface area contributed by atoms with Crippen molar-refractivity contribution in [1.29, 1.82) is 0 Å². The van der Waals surface area contributed by atoms with Crippen LogP contribution in [0, 0.1) is 0 Å². The molecule has 1 N–H and O–H groups in total. The van der Waals surface area contributed by atoms with Crippen LogP contribution in [-0.4, -0.2) is 36.7 Å². The van der Waals surface area contributed by atoms with Crippen molar-refractivity contribution in [3.05, 3.63) is 81.3 Å². The van der Waals surface area contributed by atoms with Crippen LogP contribution < -0.4 is 19.5 Å². The summed E-state index contributed by atoms with van der Waals surface area (Å²) < 4.78 is 27.5. The van der Waals surface area contributed by atoms with Gasteiger partial charge in [-0.15, -0.1) is 0 Å². The minimum absolute atomic E-state index is 0.0197. The fourth-order valence-corrected chi connectivity index (χ4v) is 4.03. The molecule has 3 aromatic rings. The minimum atomic E-state index is -0.651. The third-order valence-electron chi connectivity index (χ3n) is 5.43. The van der Waals surface area contributed by atoms with Crippen LogP contribution in [0.2, 0.25) is 0 Å². The second kappa shape index (κ2) is 9.78. The Hall–Kier alpha value is -4.25. The second-order valence-electron chi connectivity index (χ2n) is 7.80. The smallest absolute Gasteiger partial charge is 0.373 e. The van der Waals surface area contributed by atoms with Crippen LogP contribution in [0.5, 0.6) is 17.2 Å². The van der Waals surface area contributed by atoms with Gasteiger partial charge in [0, 0.05) is 10.0 Å². The number of nitrogens with zero attached hydrogens (tertiary/aromatic N) is 1. The number of furan rings is 1. The highest BCUT2D eigenvalue weighted by Gasteiger charge is 2.34. The van der Waals surface area contributed by atoms with Crippen LogP contribution in [0.25, 0.3) is 6.08 Å². The molecule has 1 aromatic heterocycles. The molecule has 0 spiro atoms. The van der Waals surface area contributed by atoms with E-state index in [1.54, 1.807) is 18.2 Å². The summed E-state index contributed by atoms with van der Waals surface area (Å²) in [6, 6.07) is 13.2. The lowest BCUT2D eigenvalue weighted by Gasteiger charge is -2.11. The molecule has 184 valence electrons. The lowest BCUT2D eigenvalue weighted by atomic mass is 10.1. The van der Waals surface area contributed by atoms with Crippen LogP contribution >= 0.6 is 15.9 Å². The van der Waals surface area contributed by atoms with Crippen molar-refractivity contribution in [2.75, 3.05) is 13.9 Å². The maximum atomic E-state index is 13.0. The number of halogens is 1. The number of hydrogen-bond donors (Lipinski definition) is 1. The number of imide groups is 1. The molecule has 3 amide bonds. The topological polar surface area (TPSA) is 117 Å². The van der Waals surface area contributed by atoms with Gasteiger partial charge in [-0.25, -0.2) is 9.59 Å². The Labute approximate surface area is 213 Å². The van der Waals surface area contributed by atoms with E-state index in [-0.39, 0.29) is 37.2 Å². The minimum Gasteiger partial charge on any atom is -0.488 e. The lowest BCUT2D eigenvalue weighted by molar-refractivity contribution is -0.123. The molecule has 0 saturated carbocycles. The van der Waals surface area contributed by atoms with Crippen LogP contribution in [0.4, 0.5) is 4.79 Å². The van der Waals surface area contributed by atoms with Crippen molar-refractivity contribution >= 4 is 39.9 Å². The summed E-state index contributed by atoms with van der Waals surface area (Å²) in [5.41, 5.74) is 1.54. The summed E-state index contributed by atoms with van der Waals surface area (Å²) in [5.74, 6) is 0.897. The first-order chi connectivity index (χ1) is 17.4. The standard InChI is InChI=1S/C25H19BrN2O8/c1-32-24(30)21-7-4-17(36-21)11-28-23(29)18(27-25(28)31)10-15-9-16(26)3-6-19(15)33-12-14-2-5-20-22(8-14)35-13-34-20/h2-10H,11-13H2,1H3,(H,27,31)/b18-10-. The van der Waals surface area contributed by atoms with E-state index in [1.165, 1.54) is 19.2 Å². The highest BCUT2D eigenvalue weighted by Crippen LogP contribution is 2.33. The summed E-state index contributed by atoms with van der Waals surface area (Å²) in [6.45, 7) is 0.292. The first kappa shape index (κ1) is 23.5. The monoisotopic (exact) mass is 554 g/mol. The first-order valence-corrected chi connectivity index (χ1v) is 11.5. The number of urea groups is 1. The maximum absolute atomic E-state index is 13.0. The first-order valence-electron chi connectivity index (χ1n) is 10.7. The van der Waals surface area contributed by atoms with E-state index >= 15 is 0 Å². The molecule has 5 rings (SSSR count). The Balaban J connectivity index is 1.32. The maximum Gasteiger partial charge on any atom is 0.373 e. The van der Waals surface area contributed by atoms with E-state index in [4.69, 9.17) is 18.6 Å². The number of hydrogen-bond acceptors (Lipinski definition) is 8.